The molecule has 5 fully saturated rings. The summed E-state index contributed by atoms with van der Waals surface area (Å²) in [4.78, 5) is 27.1. The number of nitrogens with two attached hydrogens (primary N) is 1. The van der Waals surface area contributed by atoms with Gasteiger partial charge in [0.05, 0.1) is 6.04 Å². The number of hydrogen-bond acceptors (Lipinski definition) is 3. The van der Waals surface area contributed by atoms with Gasteiger partial charge in [0.15, 0.2) is 0 Å². The number of likely N-dealkylation sites (tertiary alicyclic amines) is 1. The predicted octanol–water partition coefficient (Wildman–Crippen LogP) is 2.05. The van der Waals surface area contributed by atoms with Crippen LogP contribution in [0.5, 0.6) is 0 Å². The van der Waals surface area contributed by atoms with Gasteiger partial charge in [0, 0.05) is 25.0 Å². The molecule has 0 aromatic rings. The minimum Gasteiger partial charge on any atom is -0.351 e. The van der Waals surface area contributed by atoms with E-state index in [4.69, 9.17) is 5.73 Å². The molecule has 4 unspecified atom stereocenters. The van der Waals surface area contributed by atoms with Crippen LogP contribution in [0.2, 0.25) is 0 Å². The number of rotatable bonds is 3. The Balaban J connectivity index is 1.58. The van der Waals surface area contributed by atoms with Gasteiger partial charge in [-0.1, -0.05) is 6.92 Å². The largest absolute Gasteiger partial charge is 0.351 e. The topological polar surface area (TPSA) is 75.4 Å². The highest BCUT2D eigenvalue weighted by molar-refractivity contribution is 5.83. The Kier molecular flexibility index (Phi) is 3.95. The third-order valence-electron chi connectivity index (χ3n) is 7.90. The normalized spacial score (nSPS) is 46.3. The van der Waals surface area contributed by atoms with E-state index in [1.807, 2.05) is 4.90 Å². The van der Waals surface area contributed by atoms with Crippen molar-refractivity contribution in [1.82, 2.24) is 10.2 Å². The van der Waals surface area contributed by atoms with E-state index in [1.165, 1.54) is 6.42 Å². The molecule has 25 heavy (non-hydrogen) atoms. The Bertz CT molecular complexity index is 575. The van der Waals surface area contributed by atoms with Gasteiger partial charge >= 0.3 is 0 Å². The maximum Gasteiger partial charge on any atom is 0.240 e. The van der Waals surface area contributed by atoms with E-state index in [0.717, 1.165) is 45.1 Å². The van der Waals surface area contributed by atoms with Gasteiger partial charge < -0.3 is 16.0 Å². The van der Waals surface area contributed by atoms with Crippen LogP contribution >= 0.6 is 0 Å². The van der Waals surface area contributed by atoms with Crippen LogP contribution in [0.3, 0.4) is 0 Å². The standard InChI is InChI=1S/C20H33N3O2/c1-12-4-5-23(13(12)2)18(25)17(21)19-7-15-6-16(8-19)10-20(9-15,11-19)22-14(3)24/h12-13,15-17H,4-11,21H2,1-3H3,(H,22,24)/t12?,13?,15?,16?,17-,19?,20?/m1/s1. The molecule has 2 amide bonds. The molecular formula is C20H33N3O2. The van der Waals surface area contributed by atoms with Crippen molar-refractivity contribution in [1.29, 1.82) is 0 Å². The summed E-state index contributed by atoms with van der Waals surface area (Å²) >= 11 is 0. The average molecular weight is 348 g/mol. The zero-order valence-corrected chi connectivity index (χ0v) is 15.9. The number of hydrogen-bond donors (Lipinski definition) is 2. The highest BCUT2D eigenvalue weighted by Crippen LogP contribution is 2.62. The van der Waals surface area contributed by atoms with Crippen molar-refractivity contribution in [3.05, 3.63) is 0 Å². The maximum absolute atomic E-state index is 13.3. The van der Waals surface area contributed by atoms with Gasteiger partial charge in [-0.15, -0.1) is 0 Å². The van der Waals surface area contributed by atoms with Crippen molar-refractivity contribution in [3.8, 4) is 0 Å². The Morgan fingerprint density at radius 1 is 1.16 bits per heavy atom. The number of amides is 2. The monoisotopic (exact) mass is 347 g/mol. The SMILES string of the molecule is CC(=O)NC12CC3CC(C1)CC([C@H](N)C(=O)N1CCC(C)C1C)(C3)C2. The van der Waals surface area contributed by atoms with Gasteiger partial charge in [-0.2, -0.15) is 0 Å². The van der Waals surface area contributed by atoms with Crippen molar-refractivity contribution >= 4 is 11.8 Å². The highest BCUT2D eigenvalue weighted by atomic mass is 16.2. The molecule has 5 nitrogen and oxygen atoms in total. The molecule has 140 valence electrons. The second-order valence-corrected chi connectivity index (χ2v) is 9.80. The van der Waals surface area contributed by atoms with Crippen LogP contribution < -0.4 is 11.1 Å². The molecule has 4 bridgehead atoms. The van der Waals surface area contributed by atoms with Gasteiger partial charge in [0.2, 0.25) is 11.8 Å². The lowest BCUT2D eigenvalue weighted by Crippen LogP contribution is -2.68. The first-order chi connectivity index (χ1) is 11.7. The Morgan fingerprint density at radius 2 is 1.80 bits per heavy atom. The van der Waals surface area contributed by atoms with Gasteiger partial charge in [0.25, 0.3) is 0 Å². The second-order valence-electron chi connectivity index (χ2n) is 9.80. The molecule has 0 aromatic carbocycles. The Morgan fingerprint density at radius 3 is 2.32 bits per heavy atom. The summed E-state index contributed by atoms with van der Waals surface area (Å²) in [5.74, 6) is 1.98. The van der Waals surface area contributed by atoms with Gasteiger partial charge in [-0.3, -0.25) is 9.59 Å². The van der Waals surface area contributed by atoms with E-state index in [9.17, 15) is 9.59 Å². The molecular weight excluding hydrogens is 314 g/mol. The zero-order chi connectivity index (χ0) is 18.0. The predicted molar refractivity (Wildman–Crippen MR) is 96.6 cm³/mol. The summed E-state index contributed by atoms with van der Waals surface area (Å²) in [6.07, 6.45) is 7.49. The van der Waals surface area contributed by atoms with E-state index in [1.54, 1.807) is 6.92 Å². The third kappa shape index (κ3) is 2.70. The van der Waals surface area contributed by atoms with Gasteiger partial charge in [0.1, 0.15) is 0 Å². The number of nitrogens with zero attached hydrogens (tertiary/aromatic N) is 1. The third-order valence-corrected chi connectivity index (χ3v) is 7.90. The van der Waals surface area contributed by atoms with Crippen molar-refractivity contribution in [2.75, 3.05) is 6.54 Å². The van der Waals surface area contributed by atoms with Crippen LogP contribution in [0.15, 0.2) is 0 Å². The average Bonchev–Trinajstić information content (AvgIpc) is 2.83. The van der Waals surface area contributed by atoms with Crippen LogP contribution in [-0.4, -0.2) is 40.9 Å². The van der Waals surface area contributed by atoms with E-state index < -0.39 is 6.04 Å². The fourth-order valence-corrected chi connectivity index (χ4v) is 7.06. The molecule has 0 spiro atoms. The molecule has 4 saturated carbocycles. The maximum atomic E-state index is 13.3. The first-order valence-corrected chi connectivity index (χ1v) is 10.1. The van der Waals surface area contributed by atoms with E-state index in [0.29, 0.717) is 17.8 Å². The fraction of sp³-hybridized carbons (Fsp3) is 0.900. The van der Waals surface area contributed by atoms with E-state index in [-0.39, 0.29) is 28.8 Å². The molecule has 5 rings (SSSR count). The molecule has 5 aliphatic rings. The van der Waals surface area contributed by atoms with Gasteiger partial charge in [-0.05, 0) is 75.0 Å². The van der Waals surface area contributed by atoms with Crippen LogP contribution in [0, 0.1) is 23.2 Å². The first-order valence-electron chi connectivity index (χ1n) is 10.1. The van der Waals surface area contributed by atoms with Crippen LogP contribution in [0.25, 0.3) is 0 Å². The Hall–Kier alpha value is -1.10. The minimum atomic E-state index is -0.417. The quantitative estimate of drug-likeness (QED) is 0.820. The van der Waals surface area contributed by atoms with E-state index >= 15 is 0 Å². The van der Waals surface area contributed by atoms with Crippen molar-refractivity contribution in [2.24, 2.45) is 28.9 Å². The summed E-state index contributed by atoms with van der Waals surface area (Å²) in [7, 11) is 0. The first kappa shape index (κ1) is 17.3. The molecule has 1 heterocycles. The Labute approximate surface area is 151 Å². The number of carbonyl (C=O) groups excluding carboxylic acids is 2. The van der Waals surface area contributed by atoms with Crippen molar-refractivity contribution in [2.45, 2.75) is 83.3 Å². The van der Waals surface area contributed by atoms with Crippen molar-refractivity contribution < 1.29 is 9.59 Å². The summed E-state index contributed by atoms with van der Waals surface area (Å²) in [6, 6.07) is -0.129. The summed E-state index contributed by atoms with van der Waals surface area (Å²) < 4.78 is 0. The lowest BCUT2D eigenvalue weighted by Gasteiger charge is -2.63. The van der Waals surface area contributed by atoms with Crippen LogP contribution in [0.4, 0.5) is 0 Å². The number of carbonyl (C=O) groups is 2. The molecule has 5 heteroatoms. The molecule has 0 radical (unpaired) electrons. The van der Waals surface area contributed by atoms with Crippen molar-refractivity contribution in [3.63, 3.8) is 0 Å². The molecule has 3 N–H and O–H groups in total. The molecule has 1 aliphatic heterocycles. The fourth-order valence-electron chi connectivity index (χ4n) is 7.06. The van der Waals surface area contributed by atoms with Gasteiger partial charge in [-0.25, -0.2) is 0 Å². The molecule has 1 saturated heterocycles. The lowest BCUT2D eigenvalue weighted by atomic mass is 9.45. The lowest BCUT2D eigenvalue weighted by molar-refractivity contribution is -0.148. The smallest absolute Gasteiger partial charge is 0.240 e. The molecule has 5 atom stereocenters. The van der Waals surface area contributed by atoms with E-state index in [2.05, 4.69) is 19.2 Å². The highest BCUT2D eigenvalue weighted by Gasteiger charge is 2.61. The zero-order valence-electron chi connectivity index (χ0n) is 15.9. The van der Waals surface area contributed by atoms with Crippen LogP contribution in [0.1, 0.15) is 65.7 Å². The van der Waals surface area contributed by atoms with Crippen LogP contribution in [-0.2, 0) is 9.59 Å². The number of nitrogens with one attached hydrogen (secondary N) is 1. The molecule has 4 aliphatic carbocycles. The summed E-state index contributed by atoms with van der Waals surface area (Å²) in [5, 5.41) is 3.27. The summed E-state index contributed by atoms with van der Waals surface area (Å²) in [5.41, 5.74) is 6.46. The second kappa shape index (κ2) is 5.70. The summed E-state index contributed by atoms with van der Waals surface area (Å²) in [6.45, 7) is 6.83. The molecule has 0 aromatic heterocycles. The minimum absolute atomic E-state index is 0.0546.